The fraction of sp³-hybridized carbons (Fsp3) is 0.316. The minimum atomic E-state index is -0.485. The summed E-state index contributed by atoms with van der Waals surface area (Å²) in [5, 5.41) is 4.55. The van der Waals surface area contributed by atoms with Crippen molar-refractivity contribution in [1.29, 1.82) is 0 Å². The molecule has 2 heterocycles. The lowest BCUT2D eigenvalue weighted by atomic mass is 10.2. The Kier molecular flexibility index (Phi) is 5.88. The zero-order chi connectivity index (χ0) is 19.4. The number of amides is 1. The standard InChI is InChI=1S/C19H21N3O4S/c1-13-5-3-6-14(11-13)20-16(23)12-22-15-7-10-27-17(15)18(24)21(19(22)25)8-4-9-26-2/h3,5-7,10-11H,4,8-9,12H2,1-2H3,(H,20,23). The SMILES string of the molecule is COCCCn1c(=O)c2sccc2n(CC(=O)Nc2cccc(C)c2)c1=O. The van der Waals surface area contributed by atoms with Crippen LogP contribution in [0, 0.1) is 6.92 Å². The van der Waals surface area contributed by atoms with E-state index in [0.717, 1.165) is 5.56 Å². The molecule has 0 atom stereocenters. The highest BCUT2D eigenvalue weighted by molar-refractivity contribution is 7.17. The zero-order valence-corrected chi connectivity index (χ0v) is 16.0. The van der Waals surface area contributed by atoms with Gasteiger partial charge in [-0.15, -0.1) is 11.3 Å². The first-order valence-corrected chi connectivity index (χ1v) is 9.45. The number of anilines is 1. The smallest absolute Gasteiger partial charge is 0.332 e. The predicted octanol–water partition coefficient (Wildman–Crippen LogP) is 2.21. The molecule has 0 spiro atoms. The van der Waals surface area contributed by atoms with Crippen molar-refractivity contribution in [3.63, 3.8) is 0 Å². The van der Waals surface area contributed by atoms with E-state index in [9.17, 15) is 14.4 Å². The number of nitrogens with one attached hydrogen (secondary N) is 1. The van der Waals surface area contributed by atoms with Crippen LogP contribution in [0.4, 0.5) is 5.69 Å². The average molecular weight is 387 g/mol. The minimum Gasteiger partial charge on any atom is -0.385 e. The monoisotopic (exact) mass is 387 g/mol. The molecule has 7 nitrogen and oxygen atoms in total. The quantitative estimate of drug-likeness (QED) is 0.630. The molecule has 0 aliphatic heterocycles. The summed E-state index contributed by atoms with van der Waals surface area (Å²) in [7, 11) is 1.57. The summed E-state index contributed by atoms with van der Waals surface area (Å²) in [6.07, 6.45) is 0.540. The van der Waals surface area contributed by atoms with E-state index >= 15 is 0 Å². The van der Waals surface area contributed by atoms with Crippen molar-refractivity contribution in [2.24, 2.45) is 0 Å². The van der Waals surface area contributed by atoms with Gasteiger partial charge in [-0.2, -0.15) is 0 Å². The number of ether oxygens (including phenoxy) is 1. The van der Waals surface area contributed by atoms with Crippen LogP contribution in [-0.2, 0) is 22.6 Å². The van der Waals surface area contributed by atoms with Crippen LogP contribution >= 0.6 is 11.3 Å². The van der Waals surface area contributed by atoms with Crippen LogP contribution in [0.15, 0.2) is 45.3 Å². The Morgan fingerprint density at radius 2 is 2.04 bits per heavy atom. The molecule has 1 amide bonds. The molecule has 2 aromatic heterocycles. The fourth-order valence-corrected chi connectivity index (χ4v) is 3.76. The first-order chi connectivity index (χ1) is 13.0. The molecule has 3 aromatic rings. The summed E-state index contributed by atoms with van der Waals surface area (Å²) in [4.78, 5) is 37.9. The summed E-state index contributed by atoms with van der Waals surface area (Å²) in [6, 6.07) is 9.13. The van der Waals surface area contributed by atoms with Crippen molar-refractivity contribution in [3.05, 3.63) is 62.1 Å². The van der Waals surface area contributed by atoms with Crippen molar-refractivity contribution in [2.75, 3.05) is 19.0 Å². The van der Waals surface area contributed by atoms with Gasteiger partial charge in [0, 0.05) is 25.9 Å². The van der Waals surface area contributed by atoms with Crippen molar-refractivity contribution >= 4 is 33.1 Å². The second-order valence-electron chi connectivity index (χ2n) is 6.22. The van der Waals surface area contributed by atoms with Gasteiger partial charge < -0.3 is 10.1 Å². The van der Waals surface area contributed by atoms with Gasteiger partial charge in [-0.1, -0.05) is 12.1 Å². The van der Waals surface area contributed by atoms with Crippen molar-refractivity contribution < 1.29 is 9.53 Å². The van der Waals surface area contributed by atoms with Crippen molar-refractivity contribution in [1.82, 2.24) is 9.13 Å². The van der Waals surface area contributed by atoms with Crippen LogP contribution in [0.25, 0.3) is 10.2 Å². The molecule has 0 aliphatic rings. The van der Waals surface area contributed by atoms with Crippen LogP contribution in [0.3, 0.4) is 0 Å². The molecule has 0 bridgehead atoms. The molecule has 0 unspecified atom stereocenters. The molecule has 8 heteroatoms. The van der Waals surface area contributed by atoms with E-state index in [-0.39, 0.29) is 24.6 Å². The molecule has 0 radical (unpaired) electrons. The molecule has 0 saturated heterocycles. The Morgan fingerprint density at radius 1 is 1.22 bits per heavy atom. The third kappa shape index (κ3) is 4.17. The molecule has 3 rings (SSSR count). The third-order valence-corrected chi connectivity index (χ3v) is 5.06. The number of hydrogen-bond donors (Lipinski definition) is 1. The molecule has 0 fully saturated rings. The van der Waals surface area contributed by atoms with Gasteiger partial charge >= 0.3 is 5.69 Å². The first-order valence-electron chi connectivity index (χ1n) is 8.57. The molecule has 142 valence electrons. The molecule has 0 aliphatic carbocycles. The average Bonchev–Trinajstić information content (AvgIpc) is 3.11. The van der Waals surface area contributed by atoms with E-state index in [1.54, 1.807) is 24.6 Å². The number of aryl methyl sites for hydroxylation is 1. The molecule has 1 N–H and O–H groups in total. The zero-order valence-electron chi connectivity index (χ0n) is 15.2. The lowest BCUT2D eigenvalue weighted by Crippen LogP contribution is -2.41. The van der Waals surface area contributed by atoms with E-state index in [2.05, 4.69) is 5.32 Å². The summed E-state index contributed by atoms with van der Waals surface area (Å²) in [5.41, 5.74) is 1.37. The maximum absolute atomic E-state index is 12.8. The number of nitrogens with zero attached hydrogens (tertiary/aromatic N) is 2. The van der Waals surface area contributed by atoms with Gasteiger partial charge in [-0.25, -0.2) is 4.79 Å². The molecular weight excluding hydrogens is 366 g/mol. The van der Waals surface area contributed by atoms with Gasteiger partial charge in [0.15, 0.2) is 0 Å². The third-order valence-electron chi connectivity index (χ3n) is 4.17. The molecule has 27 heavy (non-hydrogen) atoms. The van der Waals surface area contributed by atoms with E-state index in [4.69, 9.17) is 4.74 Å². The van der Waals surface area contributed by atoms with Crippen LogP contribution in [-0.4, -0.2) is 28.8 Å². The van der Waals surface area contributed by atoms with Crippen LogP contribution in [0.1, 0.15) is 12.0 Å². The number of benzene rings is 1. The van der Waals surface area contributed by atoms with E-state index in [0.29, 0.717) is 28.9 Å². The van der Waals surface area contributed by atoms with E-state index in [1.807, 2.05) is 25.1 Å². The van der Waals surface area contributed by atoms with Gasteiger partial charge in [-0.05, 0) is 42.5 Å². The molecule has 1 aromatic carbocycles. The second kappa shape index (κ2) is 8.32. The fourth-order valence-electron chi connectivity index (χ4n) is 2.92. The lowest BCUT2D eigenvalue weighted by Gasteiger charge is -2.12. The van der Waals surface area contributed by atoms with Crippen LogP contribution in [0.2, 0.25) is 0 Å². The Hall–Kier alpha value is -2.71. The number of rotatable bonds is 7. The lowest BCUT2D eigenvalue weighted by molar-refractivity contribution is -0.116. The van der Waals surface area contributed by atoms with E-state index in [1.165, 1.54) is 20.5 Å². The van der Waals surface area contributed by atoms with E-state index < -0.39 is 5.69 Å². The van der Waals surface area contributed by atoms with Crippen molar-refractivity contribution in [2.45, 2.75) is 26.4 Å². The highest BCUT2D eigenvalue weighted by Crippen LogP contribution is 2.16. The van der Waals surface area contributed by atoms with Gasteiger partial charge in [-0.3, -0.25) is 18.7 Å². The Labute approximate surface area is 159 Å². The summed E-state index contributed by atoms with van der Waals surface area (Å²) < 4.78 is 8.00. The molecule has 0 saturated carbocycles. The number of hydrogen-bond acceptors (Lipinski definition) is 5. The number of thiophene rings is 1. The van der Waals surface area contributed by atoms with Crippen LogP contribution in [0.5, 0.6) is 0 Å². The summed E-state index contributed by atoms with van der Waals surface area (Å²) in [5.74, 6) is -0.322. The summed E-state index contributed by atoms with van der Waals surface area (Å²) in [6.45, 7) is 2.47. The predicted molar refractivity (Wildman–Crippen MR) is 107 cm³/mol. The highest BCUT2D eigenvalue weighted by Gasteiger charge is 2.16. The summed E-state index contributed by atoms with van der Waals surface area (Å²) >= 11 is 1.27. The molecular formula is C19H21N3O4S. The Balaban J connectivity index is 1.93. The minimum absolute atomic E-state index is 0.162. The normalized spacial score (nSPS) is 11.0. The number of methoxy groups -OCH3 is 1. The number of aromatic nitrogens is 2. The van der Waals surface area contributed by atoms with Crippen LogP contribution < -0.4 is 16.6 Å². The number of carbonyl (C=O) groups is 1. The highest BCUT2D eigenvalue weighted by atomic mass is 32.1. The van der Waals surface area contributed by atoms with Gasteiger partial charge in [0.25, 0.3) is 5.56 Å². The number of fused-ring (bicyclic) bond motifs is 1. The topological polar surface area (TPSA) is 82.3 Å². The maximum Gasteiger partial charge on any atom is 0.332 e. The van der Waals surface area contributed by atoms with Gasteiger partial charge in [0.2, 0.25) is 5.91 Å². The second-order valence-corrected chi connectivity index (χ2v) is 7.14. The maximum atomic E-state index is 12.8. The Bertz CT molecular complexity index is 1080. The Morgan fingerprint density at radius 3 is 2.78 bits per heavy atom. The number of carbonyl (C=O) groups excluding carboxylic acids is 1. The van der Waals surface area contributed by atoms with Gasteiger partial charge in [0.05, 0.1) is 5.52 Å². The van der Waals surface area contributed by atoms with Gasteiger partial charge in [0.1, 0.15) is 11.2 Å². The first kappa shape index (κ1) is 19.1. The largest absolute Gasteiger partial charge is 0.385 e. The van der Waals surface area contributed by atoms with Crippen molar-refractivity contribution in [3.8, 4) is 0 Å².